The van der Waals surface area contributed by atoms with Gasteiger partial charge >= 0.3 is 0 Å². The summed E-state index contributed by atoms with van der Waals surface area (Å²) < 4.78 is 1.13. The third-order valence-electron chi connectivity index (χ3n) is 2.56. The zero-order chi connectivity index (χ0) is 11.1. The van der Waals surface area contributed by atoms with E-state index in [4.69, 9.17) is 5.73 Å². The van der Waals surface area contributed by atoms with Gasteiger partial charge in [0.2, 0.25) is 0 Å². The Morgan fingerprint density at radius 2 is 2.27 bits per heavy atom. The van der Waals surface area contributed by atoms with Crippen molar-refractivity contribution in [3.05, 3.63) is 34.3 Å². The van der Waals surface area contributed by atoms with Crippen LogP contribution in [-0.4, -0.2) is 13.1 Å². The molecule has 15 heavy (non-hydrogen) atoms. The fourth-order valence-electron chi connectivity index (χ4n) is 1.46. The zero-order valence-electron chi connectivity index (χ0n) is 9.17. The molecule has 0 aliphatic carbocycles. The zero-order valence-corrected chi connectivity index (χ0v) is 10.8. The van der Waals surface area contributed by atoms with E-state index in [-0.39, 0.29) is 0 Å². The first-order valence-electron chi connectivity index (χ1n) is 5.41. The number of benzene rings is 1. The van der Waals surface area contributed by atoms with Gasteiger partial charge in [0.1, 0.15) is 0 Å². The Hall–Kier alpha value is -0.380. The van der Waals surface area contributed by atoms with Crippen LogP contribution in [0.2, 0.25) is 0 Å². The average molecular weight is 271 g/mol. The van der Waals surface area contributed by atoms with Gasteiger partial charge in [-0.05, 0) is 36.7 Å². The van der Waals surface area contributed by atoms with Crippen LogP contribution in [0.5, 0.6) is 0 Å². The van der Waals surface area contributed by atoms with Crippen LogP contribution < -0.4 is 11.1 Å². The number of hydrogen-bond acceptors (Lipinski definition) is 2. The number of nitrogens with two attached hydrogens (primary N) is 1. The molecule has 0 aromatic heterocycles. The van der Waals surface area contributed by atoms with Gasteiger partial charge in [0.25, 0.3) is 0 Å². The fraction of sp³-hybridized carbons (Fsp3) is 0.500. The van der Waals surface area contributed by atoms with Crippen molar-refractivity contribution < 1.29 is 0 Å². The summed E-state index contributed by atoms with van der Waals surface area (Å²) in [5.74, 6) is 0.595. The number of rotatable bonds is 6. The molecule has 3 N–H and O–H groups in total. The second-order valence-electron chi connectivity index (χ2n) is 3.77. The molecule has 0 heterocycles. The highest BCUT2D eigenvalue weighted by molar-refractivity contribution is 9.10. The Morgan fingerprint density at radius 3 is 2.87 bits per heavy atom. The molecule has 0 saturated heterocycles. The lowest BCUT2D eigenvalue weighted by Gasteiger charge is -2.13. The summed E-state index contributed by atoms with van der Waals surface area (Å²) in [4.78, 5) is 0. The van der Waals surface area contributed by atoms with E-state index in [9.17, 15) is 0 Å². The standard InChI is InChI=1S/C12H19BrN2/c1-2-10(7-14)8-15-9-11-4-3-5-12(13)6-11/h3-6,10,15H,2,7-9,14H2,1H3. The van der Waals surface area contributed by atoms with Crippen molar-refractivity contribution in [1.82, 2.24) is 5.32 Å². The monoisotopic (exact) mass is 270 g/mol. The predicted octanol–water partition coefficient (Wildman–Crippen LogP) is 2.52. The molecule has 1 atom stereocenters. The van der Waals surface area contributed by atoms with Crippen LogP contribution in [-0.2, 0) is 6.54 Å². The van der Waals surface area contributed by atoms with Gasteiger partial charge in [-0.25, -0.2) is 0 Å². The van der Waals surface area contributed by atoms with Gasteiger partial charge in [-0.2, -0.15) is 0 Å². The quantitative estimate of drug-likeness (QED) is 0.834. The fourth-order valence-corrected chi connectivity index (χ4v) is 1.91. The largest absolute Gasteiger partial charge is 0.330 e. The molecule has 0 spiro atoms. The molecular formula is C12H19BrN2. The first-order valence-corrected chi connectivity index (χ1v) is 6.20. The van der Waals surface area contributed by atoms with Crippen molar-refractivity contribution in [3.63, 3.8) is 0 Å². The molecule has 84 valence electrons. The highest BCUT2D eigenvalue weighted by atomic mass is 79.9. The van der Waals surface area contributed by atoms with Crippen LogP contribution in [0.3, 0.4) is 0 Å². The van der Waals surface area contributed by atoms with E-state index in [1.807, 2.05) is 6.07 Å². The van der Waals surface area contributed by atoms with Crippen molar-refractivity contribution >= 4 is 15.9 Å². The molecule has 0 bridgehead atoms. The highest BCUT2D eigenvalue weighted by Gasteiger charge is 2.02. The van der Waals surface area contributed by atoms with E-state index >= 15 is 0 Å². The van der Waals surface area contributed by atoms with Crippen LogP contribution in [0.4, 0.5) is 0 Å². The van der Waals surface area contributed by atoms with Gasteiger partial charge in [0, 0.05) is 11.0 Å². The minimum absolute atomic E-state index is 0.595. The van der Waals surface area contributed by atoms with E-state index in [1.54, 1.807) is 0 Å². The summed E-state index contributed by atoms with van der Waals surface area (Å²) in [6, 6.07) is 8.36. The van der Waals surface area contributed by atoms with Gasteiger partial charge < -0.3 is 11.1 Å². The average Bonchev–Trinajstić information content (AvgIpc) is 2.25. The molecule has 0 aliphatic rings. The van der Waals surface area contributed by atoms with E-state index in [0.29, 0.717) is 5.92 Å². The maximum absolute atomic E-state index is 5.64. The second kappa shape index (κ2) is 6.99. The molecule has 0 saturated carbocycles. The molecule has 2 nitrogen and oxygen atoms in total. The Kier molecular flexibility index (Phi) is 5.91. The Morgan fingerprint density at radius 1 is 1.47 bits per heavy atom. The highest BCUT2D eigenvalue weighted by Crippen LogP contribution is 2.11. The minimum atomic E-state index is 0.595. The van der Waals surface area contributed by atoms with Crippen LogP contribution in [0.15, 0.2) is 28.7 Å². The molecule has 1 rings (SSSR count). The van der Waals surface area contributed by atoms with Crippen molar-refractivity contribution in [2.45, 2.75) is 19.9 Å². The van der Waals surface area contributed by atoms with Crippen molar-refractivity contribution in [2.24, 2.45) is 11.7 Å². The lowest BCUT2D eigenvalue weighted by molar-refractivity contribution is 0.471. The topological polar surface area (TPSA) is 38.0 Å². The summed E-state index contributed by atoms with van der Waals surface area (Å²) in [5, 5.41) is 3.43. The van der Waals surface area contributed by atoms with Crippen LogP contribution in [0.25, 0.3) is 0 Å². The molecular weight excluding hydrogens is 252 g/mol. The molecule has 0 fully saturated rings. The Labute approximate surface area is 100 Å². The number of hydrogen-bond donors (Lipinski definition) is 2. The van der Waals surface area contributed by atoms with Crippen LogP contribution in [0, 0.1) is 5.92 Å². The minimum Gasteiger partial charge on any atom is -0.330 e. The summed E-state index contributed by atoms with van der Waals surface area (Å²) in [6.07, 6.45) is 1.14. The lowest BCUT2D eigenvalue weighted by Crippen LogP contribution is -2.27. The second-order valence-corrected chi connectivity index (χ2v) is 4.69. The molecule has 1 unspecified atom stereocenters. The third kappa shape index (κ3) is 4.78. The number of nitrogens with one attached hydrogen (secondary N) is 1. The lowest BCUT2D eigenvalue weighted by atomic mass is 10.1. The first kappa shape index (κ1) is 12.7. The van der Waals surface area contributed by atoms with Gasteiger partial charge in [0.15, 0.2) is 0 Å². The van der Waals surface area contributed by atoms with E-state index in [1.165, 1.54) is 5.56 Å². The van der Waals surface area contributed by atoms with E-state index < -0.39 is 0 Å². The normalized spacial score (nSPS) is 12.7. The van der Waals surface area contributed by atoms with Gasteiger partial charge in [-0.15, -0.1) is 0 Å². The predicted molar refractivity (Wildman–Crippen MR) is 68.7 cm³/mol. The van der Waals surface area contributed by atoms with Gasteiger partial charge in [-0.3, -0.25) is 0 Å². The van der Waals surface area contributed by atoms with Crippen molar-refractivity contribution in [3.8, 4) is 0 Å². The van der Waals surface area contributed by atoms with Crippen molar-refractivity contribution in [2.75, 3.05) is 13.1 Å². The van der Waals surface area contributed by atoms with Gasteiger partial charge in [-0.1, -0.05) is 41.4 Å². The van der Waals surface area contributed by atoms with Crippen LogP contribution >= 0.6 is 15.9 Å². The summed E-state index contributed by atoms with van der Waals surface area (Å²) in [5.41, 5.74) is 6.94. The molecule has 0 amide bonds. The van der Waals surface area contributed by atoms with Gasteiger partial charge in [0.05, 0.1) is 0 Å². The Balaban J connectivity index is 2.31. The van der Waals surface area contributed by atoms with Crippen LogP contribution in [0.1, 0.15) is 18.9 Å². The molecule has 0 aliphatic heterocycles. The summed E-state index contributed by atoms with van der Waals surface area (Å²) >= 11 is 3.46. The van der Waals surface area contributed by atoms with E-state index in [2.05, 4.69) is 46.4 Å². The van der Waals surface area contributed by atoms with E-state index in [0.717, 1.165) is 30.5 Å². The summed E-state index contributed by atoms with van der Waals surface area (Å²) in [6.45, 7) is 4.86. The number of halogens is 1. The first-order chi connectivity index (χ1) is 7.26. The molecule has 1 aromatic rings. The van der Waals surface area contributed by atoms with Crippen molar-refractivity contribution in [1.29, 1.82) is 0 Å². The molecule has 0 radical (unpaired) electrons. The maximum atomic E-state index is 5.64. The SMILES string of the molecule is CCC(CN)CNCc1cccc(Br)c1. The summed E-state index contributed by atoms with van der Waals surface area (Å²) in [7, 11) is 0. The third-order valence-corrected chi connectivity index (χ3v) is 3.06. The Bertz CT molecular complexity index is 285. The molecule has 3 heteroatoms. The smallest absolute Gasteiger partial charge is 0.0206 e. The molecule has 1 aromatic carbocycles. The maximum Gasteiger partial charge on any atom is 0.0206 e.